The molecule has 4 heteroatoms. The summed E-state index contributed by atoms with van der Waals surface area (Å²) in [6, 6.07) is 3.55. The molecule has 2 rings (SSSR count). The smallest absolute Gasteiger partial charge is 0.182 e. The molecule has 0 aliphatic carbocycles. The first kappa shape index (κ1) is 11.9. The second-order valence-corrected chi connectivity index (χ2v) is 4.86. The van der Waals surface area contributed by atoms with Crippen LogP contribution in [0.25, 0.3) is 0 Å². The molecule has 1 aliphatic heterocycles. The summed E-state index contributed by atoms with van der Waals surface area (Å²) in [6.07, 6.45) is 0. The minimum absolute atomic E-state index is 0.0908. The fourth-order valence-electron chi connectivity index (χ4n) is 1.78. The molecule has 2 N–H and O–H groups in total. The van der Waals surface area contributed by atoms with Gasteiger partial charge in [-0.3, -0.25) is 4.79 Å². The van der Waals surface area contributed by atoms with E-state index < -0.39 is 5.54 Å². The summed E-state index contributed by atoms with van der Waals surface area (Å²) < 4.78 is 10.9. The number of benzene rings is 1. The number of rotatable bonds is 2. The molecule has 17 heavy (non-hydrogen) atoms. The highest BCUT2D eigenvalue weighted by Gasteiger charge is 2.26. The summed E-state index contributed by atoms with van der Waals surface area (Å²) in [5.74, 6) is 1.22. The first-order valence-electron chi connectivity index (χ1n) is 5.63. The van der Waals surface area contributed by atoms with E-state index in [4.69, 9.17) is 15.2 Å². The lowest BCUT2D eigenvalue weighted by molar-refractivity contribution is 0.0911. The Hall–Kier alpha value is -1.55. The Labute approximate surface area is 101 Å². The van der Waals surface area contributed by atoms with E-state index >= 15 is 0 Å². The quantitative estimate of drug-likeness (QED) is 0.792. The second-order valence-electron chi connectivity index (χ2n) is 4.86. The van der Waals surface area contributed by atoms with Gasteiger partial charge in [-0.25, -0.2) is 0 Å². The Balaban J connectivity index is 2.45. The van der Waals surface area contributed by atoms with Crippen LogP contribution in [0.4, 0.5) is 0 Å². The Morgan fingerprint density at radius 2 is 1.76 bits per heavy atom. The summed E-state index contributed by atoms with van der Waals surface area (Å²) in [5, 5.41) is 0. The third-order valence-corrected chi connectivity index (χ3v) is 2.72. The van der Waals surface area contributed by atoms with Gasteiger partial charge in [-0.1, -0.05) is 0 Å². The van der Waals surface area contributed by atoms with Crippen LogP contribution in [0.5, 0.6) is 11.5 Å². The van der Waals surface area contributed by atoms with Gasteiger partial charge in [-0.15, -0.1) is 0 Å². The Morgan fingerprint density at radius 1 is 1.24 bits per heavy atom. The molecule has 0 saturated carbocycles. The molecule has 0 saturated heterocycles. The summed E-state index contributed by atoms with van der Waals surface area (Å²) in [6.45, 7) is 6.33. The molecule has 0 aromatic heterocycles. The number of carbonyl (C=O) groups excluding carboxylic acids is 1. The lowest BCUT2D eigenvalue weighted by Crippen LogP contribution is -2.41. The van der Waals surface area contributed by atoms with Gasteiger partial charge >= 0.3 is 0 Å². The third kappa shape index (κ3) is 2.26. The lowest BCUT2D eigenvalue weighted by atomic mass is 9.91. The van der Waals surface area contributed by atoms with E-state index in [1.165, 1.54) is 0 Å². The van der Waals surface area contributed by atoms with Gasteiger partial charge in [0.2, 0.25) is 0 Å². The van der Waals surface area contributed by atoms with E-state index in [2.05, 4.69) is 0 Å². The molecule has 0 unspecified atom stereocenters. The fraction of sp³-hybridized carbons (Fsp3) is 0.462. The van der Waals surface area contributed by atoms with E-state index in [1.807, 2.05) is 13.0 Å². The van der Waals surface area contributed by atoms with E-state index in [1.54, 1.807) is 19.9 Å². The standard InChI is InChI=1S/C13H17NO3/c1-8-6-10-11(17-5-4-16-10)7-9(8)12(15)13(2,3)14/h6-7H,4-5,14H2,1-3H3. The summed E-state index contributed by atoms with van der Waals surface area (Å²) in [7, 11) is 0. The van der Waals surface area contributed by atoms with Crippen molar-refractivity contribution in [3.05, 3.63) is 23.3 Å². The van der Waals surface area contributed by atoms with Crippen LogP contribution in [-0.2, 0) is 0 Å². The molecule has 4 nitrogen and oxygen atoms in total. The summed E-state index contributed by atoms with van der Waals surface area (Å²) in [4.78, 5) is 12.2. The number of hydrogen-bond acceptors (Lipinski definition) is 4. The molecule has 0 amide bonds. The van der Waals surface area contributed by atoms with Crippen molar-refractivity contribution >= 4 is 5.78 Å². The van der Waals surface area contributed by atoms with Crippen LogP contribution in [-0.4, -0.2) is 24.5 Å². The molecule has 0 bridgehead atoms. The molecule has 0 atom stereocenters. The third-order valence-electron chi connectivity index (χ3n) is 2.72. The van der Waals surface area contributed by atoms with Gasteiger partial charge in [0.05, 0.1) is 5.54 Å². The van der Waals surface area contributed by atoms with Crippen LogP contribution >= 0.6 is 0 Å². The molecule has 0 radical (unpaired) electrons. The van der Waals surface area contributed by atoms with Crippen molar-refractivity contribution < 1.29 is 14.3 Å². The molecule has 0 spiro atoms. The van der Waals surface area contributed by atoms with Crippen molar-refractivity contribution in [2.24, 2.45) is 5.73 Å². The Morgan fingerprint density at radius 3 is 2.29 bits per heavy atom. The van der Waals surface area contributed by atoms with E-state index in [0.29, 0.717) is 30.3 Å². The molecule has 0 fully saturated rings. The van der Waals surface area contributed by atoms with Crippen LogP contribution in [0.1, 0.15) is 29.8 Å². The van der Waals surface area contributed by atoms with Crippen molar-refractivity contribution in [2.75, 3.05) is 13.2 Å². The zero-order chi connectivity index (χ0) is 12.6. The molecule has 1 aromatic rings. The number of nitrogens with two attached hydrogens (primary N) is 1. The van der Waals surface area contributed by atoms with Gasteiger partial charge in [-0.05, 0) is 38.5 Å². The van der Waals surface area contributed by atoms with Crippen molar-refractivity contribution in [3.63, 3.8) is 0 Å². The first-order valence-corrected chi connectivity index (χ1v) is 5.63. The number of carbonyl (C=O) groups is 1. The lowest BCUT2D eigenvalue weighted by Gasteiger charge is -2.22. The van der Waals surface area contributed by atoms with Crippen molar-refractivity contribution in [2.45, 2.75) is 26.3 Å². The van der Waals surface area contributed by atoms with Crippen LogP contribution in [0, 0.1) is 6.92 Å². The van der Waals surface area contributed by atoms with E-state index in [9.17, 15) is 4.79 Å². The predicted octanol–water partition coefficient (Wildman–Crippen LogP) is 1.69. The van der Waals surface area contributed by atoms with Crippen molar-refractivity contribution in [3.8, 4) is 11.5 Å². The maximum atomic E-state index is 12.2. The largest absolute Gasteiger partial charge is 0.486 e. The number of fused-ring (bicyclic) bond motifs is 1. The van der Waals surface area contributed by atoms with Gasteiger partial charge < -0.3 is 15.2 Å². The van der Waals surface area contributed by atoms with Crippen LogP contribution in [0.15, 0.2) is 12.1 Å². The number of aryl methyl sites for hydroxylation is 1. The van der Waals surface area contributed by atoms with Crippen LogP contribution < -0.4 is 15.2 Å². The normalized spacial score (nSPS) is 14.6. The van der Waals surface area contributed by atoms with Gasteiger partial charge in [0.1, 0.15) is 13.2 Å². The minimum Gasteiger partial charge on any atom is -0.486 e. The average molecular weight is 235 g/mol. The predicted molar refractivity (Wildman–Crippen MR) is 64.8 cm³/mol. The van der Waals surface area contributed by atoms with Crippen molar-refractivity contribution in [1.29, 1.82) is 0 Å². The highest BCUT2D eigenvalue weighted by Crippen LogP contribution is 2.33. The maximum absolute atomic E-state index is 12.2. The van der Waals surface area contributed by atoms with Crippen LogP contribution in [0.2, 0.25) is 0 Å². The first-order chi connectivity index (χ1) is 7.89. The summed E-state index contributed by atoms with van der Waals surface area (Å²) >= 11 is 0. The van der Waals surface area contributed by atoms with Gasteiger partial charge in [0.25, 0.3) is 0 Å². The highest BCUT2D eigenvalue weighted by molar-refractivity contribution is 6.04. The molecule has 1 aromatic carbocycles. The van der Waals surface area contributed by atoms with E-state index in [-0.39, 0.29) is 5.78 Å². The number of ether oxygens (including phenoxy) is 2. The number of ketones is 1. The Kier molecular flexibility index (Phi) is 2.83. The monoisotopic (exact) mass is 235 g/mol. The molecular weight excluding hydrogens is 218 g/mol. The van der Waals surface area contributed by atoms with E-state index in [0.717, 1.165) is 5.56 Å². The minimum atomic E-state index is -0.880. The SMILES string of the molecule is Cc1cc2c(cc1C(=O)C(C)(C)N)OCCO2. The number of hydrogen-bond donors (Lipinski definition) is 1. The summed E-state index contributed by atoms with van der Waals surface area (Å²) in [5.41, 5.74) is 6.41. The number of Topliss-reactive ketones (excluding diaryl/α,β-unsaturated/α-hetero) is 1. The van der Waals surface area contributed by atoms with Gasteiger partial charge in [0.15, 0.2) is 17.3 Å². The highest BCUT2D eigenvalue weighted by atomic mass is 16.6. The van der Waals surface area contributed by atoms with Gasteiger partial charge in [-0.2, -0.15) is 0 Å². The Bertz CT molecular complexity index is 460. The topological polar surface area (TPSA) is 61.6 Å². The van der Waals surface area contributed by atoms with Crippen LogP contribution in [0.3, 0.4) is 0 Å². The molecule has 1 heterocycles. The molecular formula is C13H17NO3. The second kappa shape index (κ2) is 4.04. The zero-order valence-corrected chi connectivity index (χ0v) is 10.4. The average Bonchev–Trinajstić information content (AvgIpc) is 2.26. The molecule has 1 aliphatic rings. The van der Waals surface area contributed by atoms with Gasteiger partial charge in [0, 0.05) is 5.56 Å². The zero-order valence-electron chi connectivity index (χ0n) is 10.4. The maximum Gasteiger partial charge on any atom is 0.182 e. The molecule has 92 valence electrons. The van der Waals surface area contributed by atoms with Crippen molar-refractivity contribution in [1.82, 2.24) is 0 Å². The fourth-order valence-corrected chi connectivity index (χ4v) is 1.78.